The molecule has 0 saturated heterocycles. The van der Waals surface area contributed by atoms with Crippen molar-refractivity contribution in [1.82, 2.24) is 9.78 Å². The van der Waals surface area contributed by atoms with E-state index in [-0.39, 0.29) is 17.7 Å². The Labute approximate surface area is 119 Å². The predicted octanol–water partition coefficient (Wildman–Crippen LogP) is 3.18. The van der Waals surface area contributed by atoms with Crippen LogP contribution in [0.3, 0.4) is 0 Å². The summed E-state index contributed by atoms with van der Waals surface area (Å²) in [5, 5.41) is 16.5. The van der Waals surface area contributed by atoms with Crippen molar-refractivity contribution in [3.8, 4) is 5.75 Å². The Morgan fingerprint density at radius 2 is 2.16 bits per heavy atom. The van der Waals surface area contributed by atoms with Crippen LogP contribution in [0.25, 0.3) is 0 Å². The highest BCUT2D eigenvalue weighted by Gasteiger charge is 2.12. The van der Waals surface area contributed by atoms with Crippen molar-refractivity contribution in [3.63, 3.8) is 0 Å². The maximum absolute atomic E-state index is 12.1. The van der Waals surface area contributed by atoms with Gasteiger partial charge in [-0.25, -0.2) is 4.68 Å². The normalized spacial score (nSPS) is 10.7. The molecule has 1 heterocycles. The number of carbonyl (C=O) groups is 1. The average Bonchev–Trinajstić information content (AvgIpc) is 2.80. The second-order valence-corrected chi connectivity index (χ2v) is 5.23. The number of carbonyl (C=O) groups excluding carboxylic acids is 1. The lowest BCUT2D eigenvalue weighted by molar-refractivity contribution is 0.102. The molecule has 1 aromatic heterocycles. The summed E-state index contributed by atoms with van der Waals surface area (Å²) in [6, 6.07) is 6.56. The lowest BCUT2D eigenvalue weighted by Crippen LogP contribution is -2.16. The number of hydrogen-bond donors (Lipinski definition) is 2. The van der Waals surface area contributed by atoms with Crippen LogP contribution in [0, 0.1) is 0 Å². The van der Waals surface area contributed by atoms with Gasteiger partial charge in [0.15, 0.2) is 0 Å². The number of anilines is 1. The number of hydrogen-bond acceptors (Lipinski definition) is 3. The fourth-order valence-corrected chi connectivity index (χ4v) is 1.91. The van der Waals surface area contributed by atoms with Gasteiger partial charge in [0.2, 0.25) is 0 Å². The van der Waals surface area contributed by atoms with Crippen LogP contribution in [0.5, 0.6) is 5.75 Å². The number of aromatic hydroxyl groups is 1. The van der Waals surface area contributed by atoms with E-state index in [0.717, 1.165) is 0 Å². The molecule has 2 N–H and O–H groups in total. The summed E-state index contributed by atoms with van der Waals surface area (Å²) in [5.74, 6) is 0.373. The van der Waals surface area contributed by atoms with Crippen LogP contribution in [0.15, 0.2) is 34.9 Å². The first-order chi connectivity index (χ1) is 8.99. The molecule has 0 atom stereocenters. The van der Waals surface area contributed by atoms with E-state index in [9.17, 15) is 9.90 Å². The van der Waals surface area contributed by atoms with Gasteiger partial charge in [0, 0.05) is 17.7 Å². The molecule has 0 fully saturated rings. The van der Waals surface area contributed by atoms with Crippen molar-refractivity contribution in [1.29, 1.82) is 0 Å². The van der Waals surface area contributed by atoms with Gasteiger partial charge >= 0.3 is 0 Å². The van der Waals surface area contributed by atoms with Crippen LogP contribution in [0.2, 0.25) is 0 Å². The Bertz CT molecular complexity index is 608. The number of benzene rings is 1. The zero-order chi connectivity index (χ0) is 14.0. The van der Waals surface area contributed by atoms with Crippen LogP contribution in [0.1, 0.15) is 30.2 Å². The third kappa shape index (κ3) is 2.96. The minimum Gasteiger partial charge on any atom is -0.507 e. The fraction of sp³-hybridized carbons (Fsp3) is 0.231. The number of halogens is 1. The molecule has 19 heavy (non-hydrogen) atoms. The van der Waals surface area contributed by atoms with Gasteiger partial charge in [-0.15, -0.1) is 0 Å². The van der Waals surface area contributed by atoms with Gasteiger partial charge in [0.1, 0.15) is 11.6 Å². The van der Waals surface area contributed by atoms with Crippen molar-refractivity contribution in [2.75, 3.05) is 5.32 Å². The summed E-state index contributed by atoms with van der Waals surface area (Å²) in [6.07, 6.45) is 1.63. The Hall–Kier alpha value is -1.82. The predicted molar refractivity (Wildman–Crippen MR) is 76.4 cm³/mol. The number of phenols is 1. The Morgan fingerprint density at radius 3 is 2.79 bits per heavy atom. The Kier molecular flexibility index (Phi) is 3.90. The molecular weight excluding hydrogens is 310 g/mol. The lowest BCUT2D eigenvalue weighted by atomic mass is 10.2. The van der Waals surface area contributed by atoms with Gasteiger partial charge in [-0.05, 0) is 48.0 Å². The summed E-state index contributed by atoms with van der Waals surface area (Å²) in [7, 11) is 0. The molecule has 100 valence electrons. The third-order valence-corrected chi connectivity index (χ3v) is 3.28. The fourth-order valence-electron chi connectivity index (χ4n) is 1.67. The SMILES string of the molecule is CC(C)n1nccc1NC(=O)c1ccc(Br)c(O)c1. The zero-order valence-electron chi connectivity index (χ0n) is 10.6. The van der Waals surface area contributed by atoms with Crippen LogP contribution in [-0.4, -0.2) is 20.8 Å². The molecule has 0 bridgehead atoms. The van der Waals surface area contributed by atoms with Gasteiger partial charge in [0.05, 0.1) is 10.7 Å². The zero-order valence-corrected chi connectivity index (χ0v) is 12.2. The molecule has 1 aromatic carbocycles. The second kappa shape index (κ2) is 5.44. The highest BCUT2D eigenvalue weighted by molar-refractivity contribution is 9.10. The quantitative estimate of drug-likeness (QED) is 0.911. The molecule has 0 aliphatic rings. The first-order valence-corrected chi connectivity index (χ1v) is 6.61. The van der Waals surface area contributed by atoms with Crippen molar-refractivity contribution >= 4 is 27.7 Å². The molecule has 0 radical (unpaired) electrons. The second-order valence-electron chi connectivity index (χ2n) is 4.38. The monoisotopic (exact) mass is 323 g/mol. The van der Waals surface area contributed by atoms with Crippen molar-refractivity contribution in [3.05, 3.63) is 40.5 Å². The van der Waals surface area contributed by atoms with E-state index in [1.54, 1.807) is 29.1 Å². The third-order valence-electron chi connectivity index (χ3n) is 2.61. The van der Waals surface area contributed by atoms with Crippen LogP contribution < -0.4 is 5.32 Å². The number of amides is 1. The molecule has 0 spiro atoms. The van der Waals surface area contributed by atoms with E-state index >= 15 is 0 Å². The van der Waals surface area contributed by atoms with Crippen LogP contribution in [-0.2, 0) is 0 Å². The largest absolute Gasteiger partial charge is 0.507 e. The molecular formula is C13H14BrN3O2. The van der Waals surface area contributed by atoms with Gasteiger partial charge in [-0.2, -0.15) is 5.10 Å². The molecule has 0 aliphatic carbocycles. The average molecular weight is 324 g/mol. The summed E-state index contributed by atoms with van der Waals surface area (Å²) >= 11 is 3.17. The van der Waals surface area contributed by atoms with E-state index in [4.69, 9.17) is 0 Å². The summed E-state index contributed by atoms with van der Waals surface area (Å²) in [6.45, 7) is 3.96. The summed E-state index contributed by atoms with van der Waals surface area (Å²) in [4.78, 5) is 12.1. The first-order valence-electron chi connectivity index (χ1n) is 5.82. The van der Waals surface area contributed by atoms with E-state index in [1.807, 2.05) is 13.8 Å². The Balaban J connectivity index is 2.21. The van der Waals surface area contributed by atoms with Gasteiger partial charge in [0.25, 0.3) is 5.91 Å². The molecule has 6 heteroatoms. The minimum atomic E-state index is -0.287. The van der Waals surface area contributed by atoms with Crippen LogP contribution >= 0.6 is 15.9 Å². The molecule has 2 rings (SSSR count). The first kappa shape index (κ1) is 13.6. The highest BCUT2D eigenvalue weighted by atomic mass is 79.9. The summed E-state index contributed by atoms with van der Waals surface area (Å²) in [5.41, 5.74) is 0.386. The van der Waals surface area contributed by atoms with E-state index in [0.29, 0.717) is 15.9 Å². The number of nitrogens with one attached hydrogen (secondary N) is 1. The number of aromatic nitrogens is 2. The van der Waals surface area contributed by atoms with Crippen LogP contribution in [0.4, 0.5) is 5.82 Å². The molecule has 0 saturated carbocycles. The van der Waals surface area contributed by atoms with E-state index < -0.39 is 0 Å². The number of phenolic OH excluding ortho intramolecular Hbond substituents is 1. The van der Waals surface area contributed by atoms with Gasteiger partial charge in [-0.3, -0.25) is 4.79 Å². The molecule has 1 amide bonds. The molecule has 2 aromatic rings. The van der Waals surface area contributed by atoms with Crippen molar-refractivity contribution < 1.29 is 9.90 Å². The topological polar surface area (TPSA) is 67.2 Å². The maximum Gasteiger partial charge on any atom is 0.256 e. The van der Waals surface area contributed by atoms with E-state index in [2.05, 4.69) is 26.3 Å². The highest BCUT2D eigenvalue weighted by Crippen LogP contribution is 2.24. The lowest BCUT2D eigenvalue weighted by Gasteiger charge is -2.12. The van der Waals surface area contributed by atoms with E-state index in [1.165, 1.54) is 6.07 Å². The maximum atomic E-state index is 12.1. The smallest absolute Gasteiger partial charge is 0.256 e. The minimum absolute atomic E-state index is 0.0324. The molecule has 0 aliphatic heterocycles. The molecule has 5 nitrogen and oxygen atoms in total. The van der Waals surface area contributed by atoms with Crippen molar-refractivity contribution in [2.24, 2.45) is 0 Å². The molecule has 0 unspecified atom stereocenters. The number of rotatable bonds is 3. The van der Waals surface area contributed by atoms with Crippen molar-refractivity contribution in [2.45, 2.75) is 19.9 Å². The van der Waals surface area contributed by atoms with Gasteiger partial charge in [-0.1, -0.05) is 0 Å². The summed E-state index contributed by atoms with van der Waals surface area (Å²) < 4.78 is 2.27. The number of nitrogens with zero attached hydrogens (tertiary/aromatic N) is 2. The standard InChI is InChI=1S/C13H14BrN3O2/c1-8(2)17-12(5-6-15-17)16-13(19)9-3-4-10(14)11(18)7-9/h3-8,18H,1-2H3,(H,16,19). The van der Waals surface area contributed by atoms with Gasteiger partial charge < -0.3 is 10.4 Å². The Morgan fingerprint density at radius 1 is 1.42 bits per heavy atom.